The fourth-order valence-electron chi connectivity index (χ4n) is 2.78. The number of nitriles is 1. The Balaban J connectivity index is 1.99. The van der Waals surface area contributed by atoms with Crippen molar-refractivity contribution in [2.45, 2.75) is 25.3 Å². The molecule has 1 atom stereocenters. The van der Waals surface area contributed by atoms with E-state index in [0.29, 0.717) is 18.5 Å². The Labute approximate surface area is 121 Å². The van der Waals surface area contributed by atoms with E-state index in [1.807, 2.05) is 6.07 Å². The quantitative estimate of drug-likeness (QED) is 0.773. The SMILES string of the molecule is N#Cc1ccc2c(c1)C(=O)N([C@H]1CCCCNC1=O)C2=O. The van der Waals surface area contributed by atoms with Crippen LogP contribution in [0.2, 0.25) is 0 Å². The minimum absolute atomic E-state index is 0.205. The number of hydrogen-bond donors (Lipinski definition) is 1. The molecule has 0 aliphatic carbocycles. The van der Waals surface area contributed by atoms with Crippen molar-refractivity contribution in [3.63, 3.8) is 0 Å². The van der Waals surface area contributed by atoms with Crippen molar-refractivity contribution in [2.24, 2.45) is 0 Å². The lowest BCUT2D eigenvalue weighted by Crippen LogP contribution is -2.48. The highest BCUT2D eigenvalue weighted by Crippen LogP contribution is 2.27. The minimum Gasteiger partial charge on any atom is -0.354 e. The Kier molecular flexibility index (Phi) is 3.18. The van der Waals surface area contributed by atoms with Crippen LogP contribution < -0.4 is 5.32 Å². The van der Waals surface area contributed by atoms with Crippen LogP contribution in [0.15, 0.2) is 18.2 Å². The fraction of sp³-hybridized carbons (Fsp3) is 0.333. The van der Waals surface area contributed by atoms with Crippen molar-refractivity contribution >= 4 is 17.7 Å². The smallest absolute Gasteiger partial charge is 0.262 e. The van der Waals surface area contributed by atoms with Gasteiger partial charge < -0.3 is 5.32 Å². The summed E-state index contributed by atoms with van der Waals surface area (Å²) in [6, 6.07) is 5.57. The summed E-state index contributed by atoms with van der Waals surface area (Å²) in [5.74, 6) is -1.24. The maximum absolute atomic E-state index is 12.4. The summed E-state index contributed by atoms with van der Waals surface area (Å²) in [6.45, 7) is 0.567. The van der Waals surface area contributed by atoms with Crippen LogP contribution in [-0.4, -0.2) is 35.2 Å². The van der Waals surface area contributed by atoms with E-state index in [-0.39, 0.29) is 17.0 Å². The maximum atomic E-state index is 12.4. The molecule has 3 rings (SSSR count). The molecule has 1 saturated heterocycles. The van der Waals surface area contributed by atoms with Crippen LogP contribution in [0.25, 0.3) is 0 Å². The van der Waals surface area contributed by atoms with Crippen molar-refractivity contribution in [2.75, 3.05) is 6.54 Å². The molecular formula is C15H13N3O3. The first kappa shape index (κ1) is 13.3. The van der Waals surface area contributed by atoms with Gasteiger partial charge in [0.15, 0.2) is 0 Å². The largest absolute Gasteiger partial charge is 0.354 e. The average molecular weight is 283 g/mol. The first-order valence-corrected chi connectivity index (χ1v) is 6.83. The second kappa shape index (κ2) is 5.02. The lowest BCUT2D eigenvalue weighted by Gasteiger charge is -2.23. The molecule has 6 heteroatoms. The van der Waals surface area contributed by atoms with Crippen molar-refractivity contribution in [3.8, 4) is 6.07 Å². The number of imide groups is 1. The molecule has 0 radical (unpaired) electrons. The average Bonchev–Trinajstić information content (AvgIpc) is 2.65. The minimum atomic E-state index is -0.759. The zero-order chi connectivity index (χ0) is 15.0. The number of nitrogens with zero attached hydrogens (tertiary/aromatic N) is 2. The molecule has 21 heavy (non-hydrogen) atoms. The van der Waals surface area contributed by atoms with E-state index in [0.717, 1.165) is 17.7 Å². The lowest BCUT2D eigenvalue weighted by atomic mass is 10.1. The predicted octanol–water partition coefficient (Wildman–Crippen LogP) is 0.823. The Morgan fingerprint density at radius 2 is 1.90 bits per heavy atom. The number of nitrogens with one attached hydrogen (secondary N) is 1. The molecular weight excluding hydrogens is 270 g/mol. The third-order valence-corrected chi connectivity index (χ3v) is 3.86. The van der Waals surface area contributed by atoms with Crippen LogP contribution >= 0.6 is 0 Å². The summed E-state index contributed by atoms with van der Waals surface area (Å²) >= 11 is 0. The van der Waals surface area contributed by atoms with Gasteiger partial charge in [-0.3, -0.25) is 19.3 Å². The van der Waals surface area contributed by atoms with E-state index in [1.54, 1.807) is 0 Å². The molecule has 1 aromatic carbocycles. The van der Waals surface area contributed by atoms with Gasteiger partial charge in [0.1, 0.15) is 6.04 Å². The Morgan fingerprint density at radius 3 is 2.67 bits per heavy atom. The molecule has 106 valence electrons. The number of hydrogen-bond acceptors (Lipinski definition) is 4. The number of carbonyl (C=O) groups is 3. The van der Waals surface area contributed by atoms with Gasteiger partial charge in [0.2, 0.25) is 5.91 Å². The molecule has 1 aromatic rings. The number of rotatable bonds is 1. The van der Waals surface area contributed by atoms with E-state index in [2.05, 4.69) is 5.32 Å². The zero-order valence-corrected chi connectivity index (χ0v) is 11.3. The van der Waals surface area contributed by atoms with Gasteiger partial charge >= 0.3 is 0 Å². The lowest BCUT2D eigenvalue weighted by molar-refractivity contribution is -0.124. The third-order valence-electron chi connectivity index (χ3n) is 3.86. The molecule has 0 bridgehead atoms. The molecule has 0 aromatic heterocycles. The van der Waals surface area contributed by atoms with Gasteiger partial charge in [-0.1, -0.05) is 0 Å². The Morgan fingerprint density at radius 1 is 1.14 bits per heavy atom. The molecule has 0 saturated carbocycles. The maximum Gasteiger partial charge on any atom is 0.262 e. The van der Waals surface area contributed by atoms with Crippen LogP contribution in [-0.2, 0) is 4.79 Å². The number of benzene rings is 1. The van der Waals surface area contributed by atoms with E-state index >= 15 is 0 Å². The molecule has 0 unspecified atom stereocenters. The van der Waals surface area contributed by atoms with E-state index in [4.69, 9.17) is 5.26 Å². The van der Waals surface area contributed by atoms with Gasteiger partial charge in [0, 0.05) is 6.54 Å². The molecule has 2 aliphatic heterocycles. The molecule has 3 amide bonds. The number of fused-ring (bicyclic) bond motifs is 1. The van der Waals surface area contributed by atoms with Crippen LogP contribution in [0.5, 0.6) is 0 Å². The van der Waals surface area contributed by atoms with Gasteiger partial charge in [0.05, 0.1) is 22.8 Å². The fourth-order valence-corrected chi connectivity index (χ4v) is 2.78. The van der Waals surface area contributed by atoms with Crippen molar-refractivity contribution < 1.29 is 14.4 Å². The first-order valence-electron chi connectivity index (χ1n) is 6.83. The normalized spacial score (nSPS) is 21.6. The van der Waals surface area contributed by atoms with Gasteiger partial charge in [-0.15, -0.1) is 0 Å². The number of carbonyl (C=O) groups excluding carboxylic acids is 3. The second-order valence-electron chi connectivity index (χ2n) is 5.16. The zero-order valence-electron chi connectivity index (χ0n) is 11.3. The summed E-state index contributed by atoms with van der Waals surface area (Å²) in [5, 5.41) is 11.6. The van der Waals surface area contributed by atoms with E-state index in [1.165, 1.54) is 18.2 Å². The highest BCUT2D eigenvalue weighted by molar-refractivity contribution is 6.23. The molecule has 2 aliphatic rings. The topological polar surface area (TPSA) is 90.3 Å². The monoisotopic (exact) mass is 283 g/mol. The molecule has 2 heterocycles. The van der Waals surface area contributed by atoms with Crippen LogP contribution in [0.4, 0.5) is 0 Å². The van der Waals surface area contributed by atoms with Crippen LogP contribution in [0.1, 0.15) is 45.5 Å². The van der Waals surface area contributed by atoms with Crippen molar-refractivity contribution in [3.05, 3.63) is 34.9 Å². The second-order valence-corrected chi connectivity index (χ2v) is 5.16. The molecule has 0 spiro atoms. The summed E-state index contributed by atoms with van der Waals surface area (Å²) in [6.07, 6.45) is 2.09. The molecule has 6 nitrogen and oxygen atoms in total. The Hall–Kier alpha value is -2.68. The summed E-state index contributed by atoms with van der Waals surface area (Å²) in [7, 11) is 0. The third kappa shape index (κ3) is 2.07. The van der Waals surface area contributed by atoms with Crippen LogP contribution in [0.3, 0.4) is 0 Å². The van der Waals surface area contributed by atoms with E-state index < -0.39 is 17.9 Å². The van der Waals surface area contributed by atoms with Crippen molar-refractivity contribution in [1.82, 2.24) is 10.2 Å². The van der Waals surface area contributed by atoms with Crippen LogP contribution in [0, 0.1) is 11.3 Å². The molecule has 1 fully saturated rings. The molecule has 1 N–H and O–H groups in total. The summed E-state index contributed by atoms with van der Waals surface area (Å²) in [4.78, 5) is 37.9. The van der Waals surface area contributed by atoms with Crippen molar-refractivity contribution in [1.29, 1.82) is 5.26 Å². The predicted molar refractivity (Wildman–Crippen MR) is 72.3 cm³/mol. The standard InChI is InChI=1S/C15H13N3O3/c16-8-9-4-5-10-11(7-9)15(21)18(14(10)20)12-3-1-2-6-17-13(12)19/h4-5,7,12H,1-3,6H2,(H,17,19)/t12-/m0/s1. The van der Waals surface area contributed by atoms with E-state index in [9.17, 15) is 14.4 Å². The summed E-state index contributed by atoms with van der Waals surface area (Å²) in [5.41, 5.74) is 0.786. The first-order chi connectivity index (χ1) is 10.1. The van der Waals surface area contributed by atoms with Gasteiger partial charge in [-0.05, 0) is 37.5 Å². The van der Waals surface area contributed by atoms with Gasteiger partial charge in [-0.25, -0.2) is 0 Å². The van der Waals surface area contributed by atoms with Gasteiger partial charge in [0.25, 0.3) is 11.8 Å². The summed E-state index contributed by atoms with van der Waals surface area (Å²) < 4.78 is 0. The van der Waals surface area contributed by atoms with Gasteiger partial charge in [-0.2, -0.15) is 5.26 Å². The Bertz CT molecular complexity index is 690. The highest BCUT2D eigenvalue weighted by atomic mass is 16.2. The number of amides is 3. The highest BCUT2D eigenvalue weighted by Gasteiger charge is 2.42.